The molecule has 2 atom stereocenters. The van der Waals surface area contributed by atoms with E-state index in [1.807, 2.05) is 29.1 Å². The molecule has 1 fully saturated rings. The van der Waals surface area contributed by atoms with Gasteiger partial charge >= 0.3 is 0 Å². The van der Waals surface area contributed by atoms with Crippen molar-refractivity contribution in [3.05, 3.63) is 59.5 Å². The normalized spacial score (nSPS) is 25.5. The van der Waals surface area contributed by atoms with Crippen molar-refractivity contribution in [1.29, 1.82) is 0 Å². The van der Waals surface area contributed by atoms with Crippen LogP contribution in [0.25, 0.3) is 16.9 Å². The highest BCUT2D eigenvalue weighted by atomic mass is 15.3. The number of rotatable bonds is 2. The third kappa shape index (κ3) is 1.82. The molecule has 0 aliphatic heterocycles. The molecule has 0 N–H and O–H groups in total. The molecule has 2 aliphatic carbocycles. The van der Waals surface area contributed by atoms with Gasteiger partial charge in [-0.25, -0.2) is 4.68 Å². The molecule has 0 amide bonds. The van der Waals surface area contributed by atoms with Gasteiger partial charge in [-0.2, -0.15) is 15.3 Å². The van der Waals surface area contributed by atoms with Gasteiger partial charge in [-0.1, -0.05) is 39.0 Å². The van der Waals surface area contributed by atoms with Crippen LogP contribution in [0.2, 0.25) is 0 Å². The van der Waals surface area contributed by atoms with Crippen molar-refractivity contribution < 1.29 is 0 Å². The monoisotopic (exact) mass is 344 g/mol. The van der Waals surface area contributed by atoms with Gasteiger partial charge < -0.3 is 0 Å². The molecule has 3 aromatic rings. The first-order chi connectivity index (χ1) is 12.4. The molecule has 1 saturated carbocycles. The first-order valence-electron chi connectivity index (χ1n) is 9.42. The van der Waals surface area contributed by atoms with Gasteiger partial charge in [0, 0.05) is 11.0 Å². The molecule has 4 heteroatoms. The third-order valence-electron chi connectivity index (χ3n) is 7.23. The van der Waals surface area contributed by atoms with E-state index in [-0.39, 0.29) is 10.8 Å². The van der Waals surface area contributed by atoms with Crippen molar-refractivity contribution in [2.45, 2.75) is 51.9 Å². The lowest BCUT2D eigenvalue weighted by atomic mass is 9.70. The zero-order valence-electron chi connectivity index (χ0n) is 15.8. The van der Waals surface area contributed by atoms with Gasteiger partial charge in [-0.3, -0.25) is 0 Å². The minimum atomic E-state index is 0.155. The summed E-state index contributed by atoms with van der Waals surface area (Å²) in [6.07, 6.45) is 4.39. The van der Waals surface area contributed by atoms with Crippen LogP contribution in [0.5, 0.6) is 0 Å². The minimum absolute atomic E-state index is 0.155. The Morgan fingerprint density at radius 3 is 2.62 bits per heavy atom. The molecule has 2 aliphatic rings. The highest BCUT2D eigenvalue weighted by molar-refractivity contribution is 5.64. The summed E-state index contributed by atoms with van der Waals surface area (Å²) < 4.78 is 1.97. The van der Waals surface area contributed by atoms with E-state index in [9.17, 15) is 0 Å². The van der Waals surface area contributed by atoms with Gasteiger partial charge in [0.25, 0.3) is 0 Å². The smallest absolute Gasteiger partial charge is 0.0967 e. The van der Waals surface area contributed by atoms with Crippen LogP contribution < -0.4 is 0 Å². The SMILES string of the molecule is Cc1c(-c2cc3c(nn2)[C@@]2(C)CC[C@@H]3C2(C)C)cnn1-c1ccccc1. The van der Waals surface area contributed by atoms with E-state index < -0.39 is 0 Å². The number of hydrogen-bond donors (Lipinski definition) is 0. The van der Waals surface area contributed by atoms with Crippen LogP contribution in [0.1, 0.15) is 56.5 Å². The fourth-order valence-electron chi connectivity index (χ4n) is 5.19. The predicted molar refractivity (Wildman–Crippen MR) is 102 cm³/mol. The molecule has 5 rings (SSSR count). The summed E-state index contributed by atoms with van der Waals surface area (Å²) in [5.74, 6) is 0.584. The molecule has 4 nitrogen and oxygen atoms in total. The molecule has 2 bridgehead atoms. The van der Waals surface area contributed by atoms with E-state index >= 15 is 0 Å². The molecule has 1 aromatic carbocycles. The number of hydrogen-bond acceptors (Lipinski definition) is 3. The fraction of sp³-hybridized carbons (Fsp3) is 0.409. The molecule has 2 aromatic heterocycles. The zero-order valence-corrected chi connectivity index (χ0v) is 15.8. The Morgan fingerprint density at radius 1 is 1.08 bits per heavy atom. The highest BCUT2D eigenvalue weighted by Gasteiger charge is 2.60. The highest BCUT2D eigenvalue weighted by Crippen LogP contribution is 2.67. The Kier molecular flexibility index (Phi) is 3.04. The Bertz CT molecular complexity index is 1000. The molecule has 0 saturated heterocycles. The lowest BCUT2D eigenvalue weighted by Gasteiger charge is -2.33. The first-order valence-corrected chi connectivity index (χ1v) is 9.42. The zero-order chi connectivity index (χ0) is 18.1. The third-order valence-corrected chi connectivity index (χ3v) is 7.23. The maximum atomic E-state index is 4.72. The Balaban J connectivity index is 1.61. The quantitative estimate of drug-likeness (QED) is 0.670. The van der Waals surface area contributed by atoms with Crippen molar-refractivity contribution in [2.24, 2.45) is 5.41 Å². The average Bonchev–Trinajstić information content (AvgIpc) is 3.19. The van der Waals surface area contributed by atoms with Crippen molar-refractivity contribution in [1.82, 2.24) is 20.0 Å². The van der Waals surface area contributed by atoms with E-state index in [0.29, 0.717) is 5.92 Å². The van der Waals surface area contributed by atoms with Crippen molar-refractivity contribution >= 4 is 0 Å². The van der Waals surface area contributed by atoms with Gasteiger partial charge in [-0.15, -0.1) is 0 Å². The summed E-state index contributed by atoms with van der Waals surface area (Å²) in [5.41, 5.74) is 7.20. The fourth-order valence-corrected chi connectivity index (χ4v) is 5.19. The summed E-state index contributed by atoms with van der Waals surface area (Å²) >= 11 is 0. The number of para-hydroxylation sites is 1. The second kappa shape index (κ2) is 5.03. The number of fused-ring (bicyclic) bond motifs is 5. The topological polar surface area (TPSA) is 43.6 Å². The lowest BCUT2D eigenvalue weighted by Crippen LogP contribution is -2.32. The van der Waals surface area contributed by atoms with Crippen LogP contribution in [-0.4, -0.2) is 20.0 Å². The molecular weight excluding hydrogens is 320 g/mol. The van der Waals surface area contributed by atoms with Crippen molar-refractivity contribution in [2.75, 3.05) is 0 Å². The van der Waals surface area contributed by atoms with Crippen LogP contribution >= 0.6 is 0 Å². The van der Waals surface area contributed by atoms with Crippen molar-refractivity contribution in [3.63, 3.8) is 0 Å². The molecule has 0 spiro atoms. The van der Waals surface area contributed by atoms with Gasteiger partial charge in [0.2, 0.25) is 0 Å². The summed E-state index contributed by atoms with van der Waals surface area (Å²) in [5, 5.41) is 13.9. The van der Waals surface area contributed by atoms with Crippen LogP contribution in [-0.2, 0) is 5.41 Å². The minimum Gasteiger partial charge on any atom is -0.237 e. The van der Waals surface area contributed by atoms with E-state index in [2.05, 4.69) is 56.1 Å². The van der Waals surface area contributed by atoms with E-state index in [1.54, 1.807) is 0 Å². The van der Waals surface area contributed by atoms with Gasteiger partial charge in [0.15, 0.2) is 0 Å². The summed E-state index contributed by atoms with van der Waals surface area (Å²) in [7, 11) is 0. The number of aromatic nitrogens is 4. The average molecular weight is 344 g/mol. The standard InChI is InChI=1S/C22H24N4/c1-14-17(13-23-26(14)15-8-6-5-7-9-15)19-12-16-18-10-11-22(4,21(18,2)3)20(16)25-24-19/h5-9,12-13,18H,10-11H2,1-4H3/t18-,22+/m0/s1. The van der Waals surface area contributed by atoms with Crippen LogP contribution in [0.15, 0.2) is 42.6 Å². The maximum Gasteiger partial charge on any atom is 0.0967 e. The van der Waals surface area contributed by atoms with Gasteiger partial charge in [-0.05, 0) is 54.9 Å². The Labute approximate surface area is 154 Å². The molecule has 2 heterocycles. The first kappa shape index (κ1) is 15.7. The molecule has 132 valence electrons. The Morgan fingerprint density at radius 2 is 1.85 bits per heavy atom. The second-order valence-corrected chi connectivity index (χ2v) is 8.57. The summed E-state index contributed by atoms with van der Waals surface area (Å²) in [6.45, 7) is 9.25. The second-order valence-electron chi connectivity index (χ2n) is 8.57. The molecule has 0 unspecified atom stereocenters. The van der Waals surface area contributed by atoms with Crippen LogP contribution in [0, 0.1) is 12.3 Å². The number of nitrogens with zero attached hydrogens (tertiary/aromatic N) is 4. The predicted octanol–water partition coefficient (Wildman–Crippen LogP) is 4.81. The van der Waals surface area contributed by atoms with Gasteiger partial charge in [0.05, 0.1) is 29.0 Å². The van der Waals surface area contributed by atoms with E-state index in [1.165, 1.54) is 24.1 Å². The Hall–Kier alpha value is -2.49. The lowest BCUT2D eigenvalue weighted by molar-refractivity contribution is 0.226. The van der Waals surface area contributed by atoms with Crippen LogP contribution in [0.4, 0.5) is 0 Å². The molecule has 0 radical (unpaired) electrons. The summed E-state index contributed by atoms with van der Waals surface area (Å²) in [6, 6.07) is 12.5. The van der Waals surface area contributed by atoms with Gasteiger partial charge in [0.1, 0.15) is 0 Å². The maximum absolute atomic E-state index is 4.72. The van der Waals surface area contributed by atoms with E-state index in [0.717, 1.165) is 22.6 Å². The molecular formula is C22H24N4. The van der Waals surface area contributed by atoms with Crippen LogP contribution in [0.3, 0.4) is 0 Å². The van der Waals surface area contributed by atoms with E-state index in [4.69, 9.17) is 5.10 Å². The van der Waals surface area contributed by atoms with Crippen molar-refractivity contribution in [3.8, 4) is 16.9 Å². The number of benzene rings is 1. The summed E-state index contributed by atoms with van der Waals surface area (Å²) in [4.78, 5) is 0. The molecule has 26 heavy (non-hydrogen) atoms. The largest absolute Gasteiger partial charge is 0.237 e.